The van der Waals surface area contributed by atoms with Gasteiger partial charge in [-0.1, -0.05) is 30.3 Å². The number of hydrogen-bond acceptors (Lipinski definition) is 6. The van der Waals surface area contributed by atoms with Gasteiger partial charge in [0.25, 0.3) is 5.91 Å². The average Bonchev–Trinajstić information content (AvgIpc) is 3.14. The van der Waals surface area contributed by atoms with Crippen LogP contribution in [0.5, 0.6) is 0 Å². The van der Waals surface area contributed by atoms with E-state index in [9.17, 15) is 4.79 Å². The van der Waals surface area contributed by atoms with E-state index < -0.39 is 6.04 Å². The van der Waals surface area contributed by atoms with E-state index in [1.807, 2.05) is 30.3 Å². The van der Waals surface area contributed by atoms with Gasteiger partial charge in [-0.05, 0) is 16.0 Å². The van der Waals surface area contributed by atoms with E-state index in [-0.39, 0.29) is 11.9 Å². The molecule has 1 amide bonds. The summed E-state index contributed by atoms with van der Waals surface area (Å²) < 4.78 is 1.38. The molecule has 0 saturated heterocycles. The van der Waals surface area contributed by atoms with Gasteiger partial charge in [-0.15, -0.1) is 5.10 Å². The van der Waals surface area contributed by atoms with Gasteiger partial charge in [-0.3, -0.25) is 10.1 Å². The Morgan fingerprint density at radius 2 is 2.15 bits per heavy atom. The molecule has 9 nitrogen and oxygen atoms in total. The normalized spacial score (nSPS) is 12.0. The number of nitrogens with zero attached hydrogens (tertiary/aromatic N) is 6. The summed E-state index contributed by atoms with van der Waals surface area (Å²) in [7, 11) is 0. The minimum atomic E-state index is -0.684. The molecular formula is C11H10N8O. The molecule has 0 aliphatic carbocycles. The molecule has 1 aromatic carbocycles. The molecule has 0 radical (unpaired) electrons. The molecule has 3 rings (SSSR count). The zero-order valence-electron chi connectivity index (χ0n) is 10.2. The predicted octanol–water partition coefficient (Wildman–Crippen LogP) is 0.0193. The third-order valence-corrected chi connectivity index (χ3v) is 2.65. The van der Waals surface area contributed by atoms with E-state index in [2.05, 4.69) is 36.0 Å². The minimum absolute atomic E-state index is 0.268. The molecule has 3 aromatic rings. The first-order chi connectivity index (χ1) is 9.84. The number of carbonyl (C=O) groups is 1. The van der Waals surface area contributed by atoms with Gasteiger partial charge in [0.1, 0.15) is 12.7 Å². The van der Waals surface area contributed by atoms with Crippen molar-refractivity contribution in [3.05, 3.63) is 48.5 Å². The molecule has 2 N–H and O–H groups in total. The Balaban J connectivity index is 1.92. The molecule has 0 spiro atoms. The third-order valence-electron chi connectivity index (χ3n) is 2.65. The molecule has 2 heterocycles. The van der Waals surface area contributed by atoms with Crippen LogP contribution >= 0.6 is 0 Å². The van der Waals surface area contributed by atoms with E-state index in [4.69, 9.17) is 0 Å². The van der Waals surface area contributed by atoms with Crippen LogP contribution < -0.4 is 5.32 Å². The lowest BCUT2D eigenvalue weighted by Crippen LogP contribution is -2.28. The summed E-state index contributed by atoms with van der Waals surface area (Å²) in [5.41, 5.74) is 0.761. The molecule has 1 atom stereocenters. The summed E-state index contributed by atoms with van der Waals surface area (Å²) in [5, 5.41) is 19.8. The second-order valence-corrected chi connectivity index (χ2v) is 3.93. The lowest BCUT2D eigenvalue weighted by molar-refractivity contribution is -0.118. The SMILES string of the molecule is O=C(Nc1ncn[nH]1)[C@@H](c1ccccc1)n1cnnn1. The maximum Gasteiger partial charge on any atom is 0.256 e. The van der Waals surface area contributed by atoms with Crippen molar-refractivity contribution in [1.82, 2.24) is 35.4 Å². The van der Waals surface area contributed by atoms with Crippen LogP contribution in [0.3, 0.4) is 0 Å². The van der Waals surface area contributed by atoms with Crippen LogP contribution in [0.1, 0.15) is 11.6 Å². The topological polar surface area (TPSA) is 114 Å². The maximum atomic E-state index is 12.4. The van der Waals surface area contributed by atoms with Gasteiger partial charge in [-0.2, -0.15) is 10.1 Å². The Kier molecular flexibility index (Phi) is 3.15. The number of rotatable bonds is 4. The van der Waals surface area contributed by atoms with Gasteiger partial charge in [0.15, 0.2) is 6.04 Å². The highest BCUT2D eigenvalue weighted by Crippen LogP contribution is 2.18. The highest BCUT2D eigenvalue weighted by molar-refractivity contribution is 5.94. The molecule has 0 unspecified atom stereocenters. The number of hydrogen-bond donors (Lipinski definition) is 2. The molecule has 0 fully saturated rings. The first kappa shape index (κ1) is 12.0. The Morgan fingerprint density at radius 3 is 2.80 bits per heavy atom. The number of benzene rings is 1. The van der Waals surface area contributed by atoms with Crippen molar-refractivity contribution in [1.29, 1.82) is 0 Å². The van der Waals surface area contributed by atoms with Gasteiger partial charge >= 0.3 is 0 Å². The smallest absolute Gasteiger partial charge is 0.256 e. The van der Waals surface area contributed by atoms with Gasteiger partial charge in [-0.25, -0.2) is 9.78 Å². The van der Waals surface area contributed by atoms with Crippen molar-refractivity contribution in [3.63, 3.8) is 0 Å². The Labute approximate surface area is 113 Å². The molecular weight excluding hydrogens is 260 g/mol. The highest BCUT2D eigenvalue weighted by Gasteiger charge is 2.24. The summed E-state index contributed by atoms with van der Waals surface area (Å²) >= 11 is 0. The van der Waals surface area contributed by atoms with Crippen molar-refractivity contribution in [2.24, 2.45) is 0 Å². The zero-order chi connectivity index (χ0) is 13.8. The van der Waals surface area contributed by atoms with Crippen molar-refractivity contribution < 1.29 is 4.79 Å². The molecule has 0 saturated carbocycles. The summed E-state index contributed by atoms with van der Waals surface area (Å²) in [6.07, 6.45) is 2.70. The molecule has 0 aliphatic rings. The van der Waals surface area contributed by atoms with Gasteiger partial charge in [0, 0.05) is 0 Å². The first-order valence-electron chi connectivity index (χ1n) is 5.78. The van der Waals surface area contributed by atoms with Crippen molar-refractivity contribution in [2.45, 2.75) is 6.04 Å². The van der Waals surface area contributed by atoms with Crippen LogP contribution in [0, 0.1) is 0 Å². The lowest BCUT2D eigenvalue weighted by Gasteiger charge is -2.15. The minimum Gasteiger partial charge on any atom is -0.293 e. The van der Waals surface area contributed by atoms with Gasteiger partial charge in [0.05, 0.1) is 0 Å². The van der Waals surface area contributed by atoms with Gasteiger partial charge < -0.3 is 0 Å². The fraction of sp³-hybridized carbons (Fsp3) is 0.0909. The fourth-order valence-electron chi connectivity index (χ4n) is 1.80. The number of amides is 1. The molecule has 0 aliphatic heterocycles. The van der Waals surface area contributed by atoms with E-state index in [0.29, 0.717) is 0 Å². The monoisotopic (exact) mass is 270 g/mol. The molecule has 2 aromatic heterocycles. The van der Waals surface area contributed by atoms with Crippen molar-refractivity contribution in [2.75, 3.05) is 5.32 Å². The van der Waals surface area contributed by atoms with Crippen molar-refractivity contribution >= 4 is 11.9 Å². The second kappa shape index (κ2) is 5.26. The van der Waals surface area contributed by atoms with Crippen LogP contribution in [-0.4, -0.2) is 41.3 Å². The quantitative estimate of drug-likeness (QED) is 0.690. The number of tetrazole rings is 1. The average molecular weight is 270 g/mol. The third kappa shape index (κ3) is 2.36. The maximum absolute atomic E-state index is 12.4. The van der Waals surface area contributed by atoms with E-state index >= 15 is 0 Å². The molecule has 9 heteroatoms. The fourth-order valence-corrected chi connectivity index (χ4v) is 1.80. The number of aromatic amines is 1. The summed E-state index contributed by atoms with van der Waals surface area (Å²) in [6.45, 7) is 0. The van der Waals surface area contributed by atoms with E-state index in [1.165, 1.54) is 17.3 Å². The van der Waals surface area contributed by atoms with Crippen molar-refractivity contribution in [3.8, 4) is 0 Å². The standard InChI is InChI=1S/C11H10N8O/c20-10(15-11-12-6-13-16-11)9(19-7-14-17-18-19)8-4-2-1-3-5-8/h1-7,9H,(H2,12,13,15,16,20)/t9-/m1/s1. The van der Waals surface area contributed by atoms with E-state index in [0.717, 1.165) is 5.56 Å². The molecule has 100 valence electrons. The summed E-state index contributed by atoms with van der Waals surface area (Å²) in [5.74, 6) is -0.0516. The number of nitrogens with one attached hydrogen (secondary N) is 2. The number of H-pyrrole nitrogens is 1. The predicted molar refractivity (Wildman–Crippen MR) is 67.4 cm³/mol. The Hall–Kier alpha value is -3.10. The van der Waals surface area contributed by atoms with E-state index in [1.54, 1.807) is 0 Å². The van der Waals surface area contributed by atoms with Crippen LogP contribution in [-0.2, 0) is 4.79 Å². The Bertz CT molecular complexity index is 664. The lowest BCUT2D eigenvalue weighted by atomic mass is 10.1. The first-order valence-corrected chi connectivity index (χ1v) is 5.78. The second-order valence-electron chi connectivity index (χ2n) is 3.93. The Morgan fingerprint density at radius 1 is 1.30 bits per heavy atom. The largest absolute Gasteiger partial charge is 0.293 e. The van der Waals surface area contributed by atoms with Crippen LogP contribution in [0.25, 0.3) is 0 Å². The van der Waals surface area contributed by atoms with Crippen LogP contribution in [0.4, 0.5) is 5.95 Å². The number of anilines is 1. The van der Waals surface area contributed by atoms with Gasteiger partial charge in [0.2, 0.25) is 5.95 Å². The number of aromatic nitrogens is 7. The number of carbonyl (C=O) groups excluding carboxylic acids is 1. The highest BCUT2D eigenvalue weighted by atomic mass is 16.2. The van der Waals surface area contributed by atoms with Crippen LogP contribution in [0.15, 0.2) is 43.0 Å². The zero-order valence-corrected chi connectivity index (χ0v) is 10.2. The molecule has 0 bridgehead atoms. The summed E-state index contributed by atoms with van der Waals surface area (Å²) in [6, 6.07) is 8.52. The van der Waals surface area contributed by atoms with Crippen LogP contribution in [0.2, 0.25) is 0 Å². The summed E-state index contributed by atoms with van der Waals surface area (Å²) in [4.78, 5) is 16.2. The molecule has 20 heavy (non-hydrogen) atoms.